The van der Waals surface area contributed by atoms with Crippen LogP contribution >= 0.6 is 24.0 Å². The molecule has 0 aromatic heterocycles. The van der Waals surface area contributed by atoms with Crippen LogP contribution in [0.15, 0.2) is 47.5 Å². The average Bonchev–Trinajstić information content (AvgIpc) is 2.79. The molecule has 176 valence electrons. The summed E-state index contributed by atoms with van der Waals surface area (Å²) >= 11 is 0. The third kappa shape index (κ3) is 8.26. The van der Waals surface area contributed by atoms with Crippen molar-refractivity contribution in [3.05, 3.63) is 64.7 Å². The molecule has 7 heteroatoms. The summed E-state index contributed by atoms with van der Waals surface area (Å²) in [6, 6.07) is 15.3. The SMILES string of the molecule is CN=C(NCCc1ccc(C)c(OC)c1)NCc1ccc(CN2CCN(C)CC2)cc1.I. The first-order valence-electron chi connectivity index (χ1n) is 11.1. The number of benzene rings is 2. The zero-order chi connectivity index (χ0) is 22.1. The number of halogens is 1. The van der Waals surface area contributed by atoms with Gasteiger partial charge in [-0.05, 0) is 48.7 Å². The minimum absolute atomic E-state index is 0. The van der Waals surface area contributed by atoms with Crippen LogP contribution in [0.25, 0.3) is 0 Å². The first-order chi connectivity index (χ1) is 15.1. The fraction of sp³-hybridized carbons (Fsp3) is 0.480. The molecule has 6 nitrogen and oxygen atoms in total. The average molecular weight is 552 g/mol. The van der Waals surface area contributed by atoms with Gasteiger partial charge in [-0.25, -0.2) is 0 Å². The van der Waals surface area contributed by atoms with Crippen molar-refractivity contribution >= 4 is 29.9 Å². The van der Waals surface area contributed by atoms with Crippen LogP contribution in [0, 0.1) is 6.92 Å². The van der Waals surface area contributed by atoms with Crippen molar-refractivity contribution in [2.24, 2.45) is 4.99 Å². The van der Waals surface area contributed by atoms with Gasteiger partial charge in [0.05, 0.1) is 7.11 Å². The molecule has 3 rings (SSSR count). The minimum atomic E-state index is 0. The molecule has 0 atom stereocenters. The van der Waals surface area contributed by atoms with Crippen molar-refractivity contribution in [1.29, 1.82) is 0 Å². The molecule has 1 fully saturated rings. The van der Waals surface area contributed by atoms with Crippen LogP contribution in [0.1, 0.15) is 22.3 Å². The van der Waals surface area contributed by atoms with Gasteiger partial charge in [-0.1, -0.05) is 36.4 Å². The van der Waals surface area contributed by atoms with E-state index in [0.29, 0.717) is 0 Å². The summed E-state index contributed by atoms with van der Waals surface area (Å²) in [4.78, 5) is 9.27. The number of aliphatic imine (C=N–C) groups is 1. The number of methoxy groups -OCH3 is 1. The smallest absolute Gasteiger partial charge is 0.191 e. The summed E-state index contributed by atoms with van der Waals surface area (Å²) < 4.78 is 5.42. The predicted octanol–water partition coefficient (Wildman–Crippen LogP) is 3.28. The normalized spacial score (nSPS) is 15.2. The Morgan fingerprint density at radius 3 is 2.28 bits per heavy atom. The Morgan fingerprint density at radius 2 is 1.62 bits per heavy atom. The molecule has 1 saturated heterocycles. The lowest BCUT2D eigenvalue weighted by molar-refractivity contribution is 0.148. The minimum Gasteiger partial charge on any atom is -0.496 e. The van der Waals surface area contributed by atoms with Gasteiger partial charge in [0.2, 0.25) is 0 Å². The Balaban J connectivity index is 0.00000363. The number of piperazine rings is 1. The van der Waals surface area contributed by atoms with Gasteiger partial charge in [-0.15, -0.1) is 24.0 Å². The van der Waals surface area contributed by atoms with Crippen LogP contribution in [-0.2, 0) is 19.5 Å². The van der Waals surface area contributed by atoms with Gasteiger partial charge in [-0.2, -0.15) is 0 Å². The number of aryl methyl sites for hydroxylation is 1. The van der Waals surface area contributed by atoms with Crippen LogP contribution in [-0.4, -0.2) is 69.7 Å². The number of guanidine groups is 1. The van der Waals surface area contributed by atoms with Gasteiger partial charge in [-0.3, -0.25) is 9.89 Å². The summed E-state index contributed by atoms with van der Waals surface area (Å²) in [5.41, 5.74) is 5.05. The van der Waals surface area contributed by atoms with E-state index >= 15 is 0 Å². The zero-order valence-corrected chi connectivity index (χ0v) is 22.2. The second-order valence-corrected chi connectivity index (χ2v) is 8.30. The van der Waals surface area contributed by atoms with Gasteiger partial charge < -0.3 is 20.3 Å². The molecule has 0 unspecified atom stereocenters. The molecule has 1 aliphatic rings. The molecule has 2 aromatic rings. The Morgan fingerprint density at radius 1 is 0.969 bits per heavy atom. The molecule has 1 aliphatic heterocycles. The topological polar surface area (TPSA) is 52.1 Å². The fourth-order valence-corrected chi connectivity index (χ4v) is 3.78. The van der Waals surface area contributed by atoms with Crippen molar-refractivity contribution in [3.8, 4) is 5.75 Å². The van der Waals surface area contributed by atoms with E-state index in [1.165, 1.54) is 16.7 Å². The largest absolute Gasteiger partial charge is 0.496 e. The van der Waals surface area contributed by atoms with Crippen molar-refractivity contribution in [2.45, 2.75) is 26.4 Å². The van der Waals surface area contributed by atoms with Crippen LogP contribution in [0.4, 0.5) is 0 Å². The first-order valence-corrected chi connectivity index (χ1v) is 11.1. The second kappa shape index (κ2) is 13.6. The van der Waals surface area contributed by atoms with E-state index in [4.69, 9.17) is 4.74 Å². The lowest BCUT2D eigenvalue weighted by Crippen LogP contribution is -2.43. The first kappa shape index (κ1) is 26.4. The molecular formula is C25H38IN5O. The van der Waals surface area contributed by atoms with Crippen molar-refractivity contribution in [1.82, 2.24) is 20.4 Å². The summed E-state index contributed by atoms with van der Waals surface area (Å²) in [6.07, 6.45) is 0.915. The lowest BCUT2D eigenvalue weighted by Gasteiger charge is -2.32. The van der Waals surface area contributed by atoms with Crippen molar-refractivity contribution in [2.75, 3.05) is 53.9 Å². The molecule has 0 spiro atoms. The Hall–Kier alpha value is -1.84. The van der Waals surface area contributed by atoms with Gasteiger partial charge in [0.25, 0.3) is 0 Å². The third-order valence-electron chi connectivity index (χ3n) is 5.89. The molecule has 2 aromatic carbocycles. The van der Waals surface area contributed by atoms with Crippen LogP contribution in [0.5, 0.6) is 5.75 Å². The van der Waals surface area contributed by atoms with Crippen LogP contribution in [0.3, 0.4) is 0 Å². The standard InChI is InChI=1S/C25H37N5O.HI/c1-20-5-6-21(17-24(20)31-4)11-12-27-25(26-2)28-18-22-7-9-23(10-8-22)19-30-15-13-29(3)14-16-30;/h5-10,17H,11-16,18-19H2,1-4H3,(H2,26,27,28);1H. The molecule has 0 bridgehead atoms. The Kier molecular flexibility index (Phi) is 11.3. The highest BCUT2D eigenvalue weighted by Gasteiger charge is 2.13. The number of hydrogen-bond donors (Lipinski definition) is 2. The van der Waals surface area contributed by atoms with E-state index in [9.17, 15) is 0 Å². The van der Waals surface area contributed by atoms with Crippen molar-refractivity contribution in [3.63, 3.8) is 0 Å². The maximum atomic E-state index is 5.42. The maximum absolute atomic E-state index is 5.42. The van der Waals surface area contributed by atoms with Crippen LogP contribution in [0.2, 0.25) is 0 Å². The fourth-order valence-electron chi connectivity index (χ4n) is 3.78. The second-order valence-electron chi connectivity index (χ2n) is 8.30. The number of rotatable bonds is 8. The maximum Gasteiger partial charge on any atom is 0.191 e. The van der Waals surface area contributed by atoms with E-state index in [0.717, 1.165) is 69.5 Å². The zero-order valence-electron chi connectivity index (χ0n) is 19.9. The number of nitrogens with one attached hydrogen (secondary N) is 2. The van der Waals surface area contributed by atoms with E-state index < -0.39 is 0 Å². The lowest BCUT2D eigenvalue weighted by atomic mass is 10.1. The highest BCUT2D eigenvalue weighted by Crippen LogP contribution is 2.19. The third-order valence-corrected chi connectivity index (χ3v) is 5.89. The van der Waals surface area contributed by atoms with Gasteiger partial charge in [0, 0.05) is 52.9 Å². The highest BCUT2D eigenvalue weighted by molar-refractivity contribution is 14.0. The molecular weight excluding hydrogens is 513 g/mol. The Labute approximate surface area is 210 Å². The van der Waals surface area contributed by atoms with Crippen molar-refractivity contribution < 1.29 is 4.74 Å². The molecule has 0 saturated carbocycles. The summed E-state index contributed by atoms with van der Waals surface area (Å²) in [6.45, 7) is 9.29. The number of hydrogen-bond acceptors (Lipinski definition) is 4. The van der Waals surface area contributed by atoms with E-state index in [2.05, 4.69) is 81.9 Å². The molecule has 1 heterocycles. The molecule has 2 N–H and O–H groups in total. The summed E-state index contributed by atoms with van der Waals surface area (Å²) in [5, 5.41) is 6.80. The number of nitrogens with zero attached hydrogens (tertiary/aromatic N) is 3. The number of ether oxygens (including phenoxy) is 1. The van der Waals surface area contributed by atoms with Gasteiger partial charge in [0.1, 0.15) is 5.75 Å². The van der Waals surface area contributed by atoms with E-state index in [-0.39, 0.29) is 24.0 Å². The summed E-state index contributed by atoms with van der Waals surface area (Å²) in [5.74, 6) is 1.76. The molecule has 0 aliphatic carbocycles. The predicted molar refractivity (Wildman–Crippen MR) is 144 cm³/mol. The van der Waals surface area contributed by atoms with Gasteiger partial charge in [0.15, 0.2) is 5.96 Å². The number of likely N-dealkylation sites (N-methyl/N-ethyl adjacent to an activating group) is 1. The quantitative estimate of drug-likeness (QED) is 0.300. The van der Waals surface area contributed by atoms with E-state index in [1.807, 2.05) is 7.05 Å². The van der Waals surface area contributed by atoms with Gasteiger partial charge >= 0.3 is 0 Å². The van der Waals surface area contributed by atoms with E-state index in [1.54, 1.807) is 7.11 Å². The molecule has 0 amide bonds. The summed E-state index contributed by atoms with van der Waals surface area (Å²) in [7, 11) is 5.72. The molecule has 32 heavy (non-hydrogen) atoms. The monoisotopic (exact) mass is 551 g/mol. The Bertz CT molecular complexity index is 848. The highest BCUT2D eigenvalue weighted by atomic mass is 127. The van der Waals surface area contributed by atoms with Crippen LogP contribution < -0.4 is 15.4 Å². The molecule has 0 radical (unpaired) electrons.